The number of nitrogens with zero attached hydrogens (tertiary/aromatic N) is 1. The minimum atomic E-state index is -0.361. The molecule has 0 atom stereocenters. The van der Waals surface area contributed by atoms with E-state index in [1.807, 2.05) is 0 Å². The van der Waals surface area contributed by atoms with E-state index >= 15 is 0 Å². The Morgan fingerprint density at radius 2 is 2.16 bits per heavy atom. The van der Waals surface area contributed by atoms with Gasteiger partial charge in [0, 0.05) is 17.4 Å². The number of anilines is 1. The Bertz CT molecular complexity index is 617. The average Bonchev–Trinajstić information content (AvgIpc) is 2.38. The number of ether oxygens (including phenoxy) is 1. The van der Waals surface area contributed by atoms with Gasteiger partial charge < -0.3 is 15.2 Å². The van der Waals surface area contributed by atoms with E-state index in [0.29, 0.717) is 17.0 Å². The second kappa shape index (κ2) is 5.58. The summed E-state index contributed by atoms with van der Waals surface area (Å²) < 4.78 is 4.91. The van der Waals surface area contributed by atoms with Crippen LogP contribution in [0, 0.1) is 0 Å². The summed E-state index contributed by atoms with van der Waals surface area (Å²) in [5, 5.41) is 12.6. The van der Waals surface area contributed by atoms with Crippen LogP contribution in [-0.2, 0) is 0 Å². The average molecular weight is 279 g/mol. The van der Waals surface area contributed by atoms with Crippen molar-refractivity contribution in [2.45, 2.75) is 0 Å². The zero-order valence-corrected chi connectivity index (χ0v) is 10.8. The number of hydrogen-bond acceptors (Lipinski definition) is 4. The van der Waals surface area contributed by atoms with E-state index in [4.69, 9.17) is 16.3 Å². The van der Waals surface area contributed by atoms with Crippen LogP contribution in [0.4, 0.5) is 5.69 Å². The highest BCUT2D eigenvalue weighted by Crippen LogP contribution is 2.26. The van der Waals surface area contributed by atoms with Crippen molar-refractivity contribution in [3.05, 3.63) is 47.2 Å². The van der Waals surface area contributed by atoms with Gasteiger partial charge >= 0.3 is 0 Å². The molecule has 98 valence electrons. The molecule has 1 amide bonds. The maximum absolute atomic E-state index is 12.0. The van der Waals surface area contributed by atoms with Gasteiger partial charge in [-0.1, -0.05) is 11.6 Å². The normalized spacial score (nSPS) is 10.0. The summed E-state index contributed by atoms with van der Waals surface area (Å²) in [6, 6.07) is 7.55. The predicted molar refractivity (Wildman–Crippen MR) is 71.9 cm³/mol. The quantitative estimate of drug-likeness (QED) is 0.847. The van der Waals surface area contributed by atoms with Gasteiger partial charge in [-0.2, -0.15) is 0 Å². The molecule has 1 aromatic carbocycles. The first-order valence-corrected chi connectivity index (χ1v) is 5.78. The molecule has 0 spiro atoms. The van der Waals surface area contributed by atoms with Crippen molar-refractivity contribution >= 4 is 23.2 Å². The number of nitrogens with one attached hydrogen (secondary N) is 1. The van der Waals surface area contributed by atoms with Crippen LogP contribution >= 0.6 is 11.6 Å². The molecule has 0 aliphatic heterocycles. The Morgan fingerprint density at radius 3 is 2.79 bits per heavy atom. The van der Waals surface area contributed by atoms with Gasteiger partial charge in [0.1, 0.15) is 5.15 Å². The van der Waals surface area contributed by atoms with Crippen LogP contribution in [0.5, 0.6) is 11.5 Å². The standard InChI is InChI=1S/C13H11ClN2O3/c1-19-11-3-2-8(6-10(11)17)13(18)16-9-4-5-15-12(14)7-9/h2-7,17H,1H3,(H,15,16,18). The van der Waals surface area contributed by atoms with Crippen LogP contribution in [0.1, 0.15) is 10.4 Å². The van der Waals surface area contributed by atoms with Crippen molar-refractivity contribution in [1.29, 1.82) is 0 Å². The number of halogens is 1. The zero-order chi connectivity index (χ0) is 13.8. The number of amides is 1. The molecule has 0 fully saturated rings. The Labute approximate surface area is 114 Å². The van der Waals surface area contributed by atoms with Crippen molar-refractivity contribution in [2.24, 2.45) is 0 Å². The van der Waals surface area contributed by atoms with Crippen molar-refractivity contribution in [3.8, 4) is 11.5 Å². The number of rotatable bonds is 3. The molecule has 0 aliphatic carbocycles. The molecule has 1 aromatic heterocycles. The van der Waals surface area contributed by atoms with E-state index < -0.39 is 0 Å². The van der Waals surface area contributed by atoms with Crippen molar-refractivity contribution < 1.29 is 14.6 Å². The lowest BCUT2D eigenvalue weighted by molar-refractivity contribution is 0.102. The SMILES string of the molecule is COc1ccc(C(=O)Nc2ccnc(Cl)c2)cc1O. The maximum atomic E-state index is 12.0. The van der Waals surface area contributed by atoms with E-state index in [9.17, 15) is 9.90 Å². The molecule has 19 heavy (non-hydrogen) atoms. The van der Waals surface area contributed by atoms with E-state index in [0.717, 1.165) is 0 Å². The van der Waals surface area contributed by atoms with Crippen molar-refractivity contribution in [3.63, 3.8) is 0 Å². The second-order valence-electron chi connectivity index (χ2n) is 3.71. The molecular formula is C13H11ClN2O3. The molecule has 0 unspecified atom stereocenters. The first-order valence-electron chi connectivity index (χ1n) is 5.40. The van der Waals surface area contributed by atoms with Gasteiger partial charge in [-0.25, -0.2) is 4.98 Å². The number of pyridine rings is 1. The summed E-state index contributed by atoms with van der Waals surface area (Å²) in [5.41, 5.74) is 0.839. The molecule has 2 N–H and O–H groups in total. The first kappa shape index (κ1) is 13.2. The summed E-state index contributed by atoms with van der Waals surface area (Å²) in [4.78, 5) is 15.8. The monoisotopic (exact) mass is 278 g/mol. The third-order valence-corrected chi connectivity index (χ3v) is 2.63. The van der Waals surface area contributed by atoms with Gasteiger partial charge in [0.05, 0.1) is 7.11 Å². The van der Waals surface area contributed by atoms with Gasteiger partial charge in [0.25, 0.3) is 5.91 Å². The number of phenols is 1. The molecule has 0 radical (unpaired) electrons. The highest BCUT2D eigenvalue weighted by molar-refractivity contribution is 6.29. The van der Waals surface area contributed by atoms with Crippen LogP contribution in [0.3, 0.4) is 0 Å². The topological polar surface area (TPSA) is 71.5 Å². The second-order valence-corrected chi connectivity index (χ2v) is 4.10. The summed E-state index contributed by atoms with van der Waals surface area (Å²) in [7, 11) is 1.44. The van der Waals surface area contributed by atoms with Crippen LogP contribution < -0.4 is 10.1 Å². The molecule has 2 aromatic rings. The highest BCUT2D eigenvalue weighted by atomic mass is 35.5. The summed E-state index contributed by atoms with van der Waals surface area (Å²) in [6.07, 6.45) is 1.49. The number of hydrogen-bond donors (Lipinski definition) is 2. The summed E-state index contributed by atoms with van der Waals surface area (Å²) >= 11 is 5.72. The number of aromatic nitrogens is 1. The first-order chi connectivity index (χ1) is 9.10. The number of carbonyl (C=O) groups excluding carboxylic acids is 1. The molecule has 0 saturated heterocycles. The van der Waals surface area contributed by atoms with Crippen LogP contribution in [-0.4, -0.2) is 23.1 Å². The van der Waals surface area contributed by atoms with Gasteiger partial charge in [-0.3, -0.25) is 4.79 Å². The van der Waals surface area contributed by atoms with Crippen molar-refractivity contribution in [1.82, 2.24) is 4.98 Å². The van der Waals surface area contributed by atoms with Gasteiger partial charge in [0.2, 0.25) is 0 Å². The summed E-state index contributed by atoms with van der Waals surface area (Å²) in [6.45, 7) is 0. The zero-order valence-electron chi connectivity index (χ0n) is 10.1. The Kier molecular flexibility index (Phi) is 3.87. The minimum Gasteiger partial charge on any atom is -0.504 e. The molecule has 5 nitrogen and oxygen atoms in total. The lowest BCUT2D eigenvalue weighted by atomic mass is 10.2. The van der Waals surface area contributed by atoms with E-state index in [1.165, 1.54) is 31.5 Å². The Hall–Kier alpha value is -2.27. The van der Waals surface area contributed by atoms with Crippen LogP contribution in [0.2, 0.25) is 5.15 Å². The Morgan fingerprint density at radius 1 is 1.37 bits per heavy atom. The number of methoxy groups -OCH3 is 1. The Balaban J connectivity index is 2.18. The van der Waals surface area contributed by atoms with Gasteiger partial charge in [-0.05, 0) is 30.3 Å². The predicted octanol–water partition coefficient (Wildman–Crippen LogP) is 2.70. The molecule has 1 heterocycles. The third kappa shape index (κ3) is 3.14. The third-order valence-electron chi connectivity index (χ3n) is 2.43. The highest BCUT2D eigenvalue weighted by Gasteiger charge is 2.10. The van der Waals surface area contributed by atoms with Crippen LogP contribution in [0.15, 0.2) is 36.5 Å². The molecule has 0 bridgehead atoms. The fourth-order valence-electron chi connectivity index (χ4n) is 1.51. The summed E-state index contributed by atoms with van der Waals surface area (Å²) in [5.74, 6) is -0.147. The fourth-order valence-corrected chi connectivity index (χ4v) is 1.69. The minimum absolute atomic E-state index is 0.0945. The number of benzene rings is 1. The molecule has 0 saturated carbocycles. The molecule has 6 heteroatoms. The maximum Gasteiger partial charge on any atom is 0.255 e. The number of aromatic hydroxyl groups is 1. The van der Waals surface area contributed by atoms with Gasteiger partial charge in [0.15, 0.2) is 11.5 Å². The van der Waals surface area contributed by atoms with Crippen molar-refractivity contribution in [2.75, 3.05) is 12.4 Å². The largest absolute Gasteiger partial charge is 0.504 e. The molecule has 2 rings (SSSR count). The van der Waals surface area contributed by atoms with E-state index in [2.05, 4.69) is 10.3 Å². The number of phenolic OH excluding ortho intramolecular Hbond substituents is 1. The lowest BCUT2D eigenvalue weighted by Crippen LogP contribution is -2.11. The smallest absolute Gasteiger partial charge is 0.255 e. The molecular weight excluding hydrogens is 268 g/mol. The van der Waals surface area contributed by atoms with Gasteiger partial charge in [-0.15, -0.1) is 0 Å². The van der Waals surface area contributed by atoms with E-state index in [1.54, 1.807) is 12.1 Å². The lowest BCUT2D eigenvalue weighted by Gasteiger charge is -2.07. The number of carbonyl (C=O) groups is 1. The van der Waals surface area contributed by atoms with Crippen LogP contribution in [0.25, 0.3) is 0 Å². The molecule has 0 aliphatic rings. The van der Waals surface area contributed by atoms with E-state index in [-0.39, 0.29) is 16.8 Å². The fraction of sp³-hybridized carbons (Fsp3) is 0.0769.